The molecule has 150 valence electrons. The lowest BCUT2D eigenvalue weighted by Gasteiger charge is -2.11. The van der Waals surface area contributed by atoms with Gasteiger partial charge < -0.3 is 20.1 Å². The maximum atomic E-state index is 13.0. The summed E-state index contributed by atoms with van der Waals surface area (Å²) < 4.78 is 18.7. The molecule has 0 aromatic heterocycles. The first-order chi connectivity index (χ1) is 13.8. The van der Waals surface area contributed by atoms with E-state index in [1.807, 2.05) is 13.0 Å². The summed E-state index contributed by atoms with van der Waals surface area (Å²) >= 11 is 5.74. The van der Waals surface area contributed by atoms with Gasteiger partial charge in [0.15, 0.2) is 11.5 Å². The molecule has 0 aliphatic carbocycles. The molecule has 0 amide bonds. The van der Waals surface area contributed by atoms with Crippen LogP contribution in [-0.4, -0.2) is 21.1 Å². The van der Waals surface area contributed by atoms with Gasteiger partial charge in [0.25, 0.3) is 0 Å². The van der Waals surface area contributed by atoms with Gasteiger partial charge in [0.1, 0.15) is 39.4 Å². The molecule has 0 aliphatic rings. The number of phenolic OH excluding ortho intramolecular Hbond substituents is 3. The second-order valence-corrected chi connectivity index (χ2v) is 6.90. The van der Waals surface area contributed by atoms with Gasteiger partial charge in [-0.25, -0.2) is 4.39 Å². The van der Waals surface area contributed by atoms with Gasteiger partial charge in [-0.3, -0.25) is 4.79 Å². The number of carbonyl (C=O) groups excluding carboxylic acids is 1. The molecule has 3 aromatic carbocycles. The summed E-state index contributed by atoms with van der Waals surface area (Å²) in [4.78, 5) is 12.5. The Balaban J connectivity index is 1.70. The number of benzene rings is 3. The van der Waals surface area contributed by atoms with Crippen LogP contribution in [0.5, 0.6) is 28.7 Å². The van der Waals surface area contributed by atoms with Crippen molar-refractivity contribution in [3.63, 3.8) is 0 Å². The molecule has 0 aliphatic heterocycles. The van der Waals surface area contributed by atoms with Crippen molar-refractivity contribution in [2.24, 2.45) is 0 Å². The number of Topliss-reactive ketones (excluding diaryl/α,β-unsaturated/α-hetero) is 1. The van der Waals surface area contributed by atoms with Crippen LogP contribution in [0.2, 0.25) is 5.02 Å². The lowest BCUT2D eigenvalue weighted by atomic mass is 9.98. The highest BCUT2D eigenvalue weighted by atomic mass is 35.5. The van der Waals surface area contributed by atoms with Crippen molar-refractivity contribution in [3.05, 3.63) is 76.1 Å². The predicted molar refractivity (Wildman–Crippen MR) is 107 cm³/mol. The van der Waals surface area contributed by atoms with Crippen LogP contribution in [0, 0.1) is 12.7 Å². The summed E-state index contributed by atoms with van der Waals surface area (Å²) in [6, 6.07) is 11.9. The lowest BCUT2D eigenvalue weighted by Crippen LogP contribution is -2.03. The average Bonchev–Trinajstić information content (AvgIpc) is 2.67. The molecule has 0 saturated heterocycles. The van der Waals surface area contributed by atoms with Gasteiger partial charge in [-0.15, -0.1) is 0 Å². The zero-order valence-corrected chi connectivity index (χ0v) is 16.2. The van der Waals surface area contributed by atoms with E-state index in [1.54, 1.807) is 12.1 Å². The minimum Gasteiger partial charge on any atom is -0.507 e. The molecule has 5 nitrogen and oxygen atoms in total. The smallest absolute Gasteiger partial charge is 0.170 e. The molecular weight excluding hydrogens is 399 g/mol. The second-order valence-electron chi connectivity index (χ2n) is 6.52. The van der Waals surface area contributed by atoms with Crippen molar-refractivity contribution in [1.82, 2.24) is 0 Å². The van der Waals surface area contributed by atoms with Crippen LogP contribution >= 0.6 is 11.6 Å². The molecule has 0 unspecified atom stereocenters. The third-order valence-corrected chi connectivity index (χ3v) is 4.84. The molecule has 3 rings (SSSR count). The summed E-state index contributed by atoms with van der Waals surface area (Å²) in [6.45, 7) is 1.86. The van der Waals surface area contributed by atoms with E-state index in [1.165, 1.54) is 24.3 Å². The highest BCUT2D eigenvalue weighted by Crippen LogP contribution is 2.41. The van der Waals surface area contributed by atoms with E-state index in [0.717, 1.165) is 17.2 Å². The van der Waals surface area contributed by atoms with Crippen molar-refractivity contribution < 1.29 is 29.2 Å². The number of aromatic hydroxyl groups is 3. The minimum atomic E-state index is -0.645. The Morgan fingerprint density at radius 3 is 2.31 bits per heavy atom. The molecule has 0 fully saturated rings. The van der Waals surface area contributed by atoms with E-state index >= 15 is 0 Å². The summed E-state index contributed by atoms with van der Waals surface area (Å²) in [5.74, 6) is -1.46. The Morgan fingerprint density at radius 1 is 1.00 bits per heavy atom. The first-order valence-electron chi connectivity index (χ1n) is 8.76. The van der Waals surface area contributed by atoms with Gasteiger partial charge in [-0.1, -0.05) is 17.7 Å². The Bertz CT molecular complexity index is 1060. The van der Waals surface area contributed by atoms with Crippen LogP contribution in [0.15, 0.2) is 48.5 Å². The summed E-state index contributed by atoms with van der Waals surface area (Å²) in [5.41, 5.74) is 1.45. The molecule has 0 spiro atoms. The standard InChI is InChI=1S/C22H18ClFO5/c1-12-10-16(29-15-7-4-14(24)5-8-15)6-2-13(12)3-9-17(25)20-18(26)11-19(27)21(23)22(20)28/h2,4-8,10-11,26-28H,3,9H2,1H3. The van der Waals surface area contributed by atoms with Crippen LogP contribution in [-0.2, 0) is 6.42 Å². The van der Waals surface area contributed by atoms with Crippen molar-refractivity contribution in [2.75, 3.05) is 0 Å². The number of phenols is 3. The molecule has 3 N–H and O–H groups in total. The topological polar surface area (TPSA) is 87.0 Å². The zero-order chi connectivity index (χ0) is 21.1. The maximum absolute atomic E-state index is 13.0. The number of ether oxygens (including phenoxy) is 1. The van der Waals surface area contributed by atoms with Gasteiger partial charge in [-0.2, -0.15) is 0 Å². The molecule has 0 radical (unpaired) electrons. The molecule has 29 heavy (non-hydrogen) atoms. The number of halogens is 2. The van der Waals surface area contributed by atoms with Gasteiger partial charge >= 0.3 is 0 Å². The number of rotatable bonds is 6. The van der Waals surface area contributed by atoms with Crippen LogP contribution in [0.3, 0.4) is 0 Å². The van der Waals surface area contributed by atoms with Crippen LogP contribution in [0.25, 0.3) is 0 Å². The Morgan fingerprint density at radius 2 is 1.66 bits per heavy atom. The number of ketones is 1. The fraction of sp³-hybridized carbons (Fsp3) is 0.136. The number of aryl methyl sites for hydroxylation is 2. The van der Waals surface area contributed by atoms with E-state index in [0.29, 0.717) is 17.9 Å². The summed E-state index contributed by atoms with van der Waals surface area (Å²) in [6.07, 6.45) is 0.375. The number of hydrogen-bond acceptors (Lipinski definition) is 5. The Hall–Kier alpha value is -3.25. The third kappa shape index (κ3) is 4.60. The van der Waals surface area contributed by atoms with Gasteiger partial charge in [0.05, 0.1) is 0 Å². The van der Waals surface area contributed by atoms with E-state index in [4.69, 9.17) is 16.3 Å². The van der Waals surface area contributed by atoms with Crippen LogP contribution in [0.4, 0.5) is 4.39 Å². The largest absolute Gasteiger partial charge is 0.507 e. The summed E-state index contributed by atoms with van der Waals surface area (Å²) in [7, 11) is 0. The van der Waals surface area contributed by atoms with Gasteiger partial charge in [0, 0.05) is 12.5 Å². The number of carbonyl (C=O) groups is 1. The molecule has 3 aromatic rings. The highest BCUT2D eigenvalue weighted by molar-refractivity contribution is 6.34. The number of hydrogen-bond donors (Lipinski definition) is 3. The molecule has 0 bridgehead atoms. The predicted octanol–water partition coefficient (Wildman–Crippen LogP) is 5.51. The minimum absolute atomic E-state index is 0.0151. The first kappa shape index (κ1) is 20.5. The third-order valence-electron chi connectivity index (χ3n) is 4.46. The van der Waals surface area contributed by atoms with Crippen molar-refractivity contribution in [3.8, 4) is 28.7 Å². The maximum Gasteiger partial charge on any atom is 0.170 e. The SMILES string of the molecule is Cc1cc(Oc2ccc(F)cc2)ccc1CCC(=O)c1c(O)cc(O)c(Cl)c1O. The van der Waals surface area contributed by atoms with E-state index in [2.05, 4.69) is 0 Å². The average molecular weight is 417 g/mol. The molecule has 0 saturated carbocycles. The van der Waals surface area contributed by atoms with Gasteiger partial charge in [0.2, 0.25) is 0 Å². The normalized spacial score (nSPS) is 10.7. The molecule has 0 heterocycles. The van der Waals surface area contributed by atoms with E-state index in [9.17, 15) is 24.5 Å². The van der Waals surface area contributed by atoms with E-state index in [-0.39, 0.29) is 22.8 Å². The van der Waals surface area contributed by atoms with Crippen molar-refractivity contribution >= 4 is 17.4 Å². The molecule has 0 atom stereocenters. The lowest BCUT2D eigenvalue weighted by molar-refractivity contribution is 0.0977. The van der Waals surface area contributed by atoms with Crippen molar-refractivity contribution in [2.45, 2.75) is 19.8 Å². The second kappa shape index (κ2) is 8.41. The zero-order valence-electron chi connectivity index (χ0n) is 15.4. The van der Waals surface area contributed by atoms with Crippen molar-refractivity contribution in [1.29, 1.82) is 0 Å². The van der Waals surface area contributed by atoms with Crippen LogP contribution < -0.4 is 4.74 Å². The molecular formula is C22H18ClFO5. The highest BCUT2D eigenvalue weighted by Gasteiger charge is 2.21. The summed E-state index contributed by atoms with van der Waals surface area (Å²) in [5, 5.41) is 28.9. The fourth-order valence-electron chi connectivity index (χ4n) is 2.92. The Kier molecular flexibility index (Phi) is 5.94. The van der Waals surface area contributed by atoms with Crippen LogP contribution in [0.1, 0.15) is 27.9 Å². The van der Waals surface area contributed by atoms with E-state index < -0.39 is 23.0 Å². The quantitative estimate of drug-likeness (QED) is 0.461. The Labute approximate surface area is 171 Å². The monoisotopic (exact) mass is 416 g/mol. The first-order valence-corrected chi connectivity index (χ1v) is 9.13. The molecule has 7 heteroatoms. The fourth-order valence-corrected chi connectivity index (χ4v) is 3.07. The van der Waals surface area contributed by atoms with Gasteiger partial charge in [-0.05, 0) is 60.9 Å².